The summed E-state index contributed by atoms with van der Waals surface area (Å²) in [5.74, 6) is 5.27. The second kappa shape index (κ2) is 3.55. The van der Waals surface area contributed by atoms with E-state index in [2.05, 4.69) is 0 Å². The number of sulfone groups is 1. The lowest BCUT2D eigenvalue weighted by Crippen LogP contribution is -2.57. The first kappa shape index (κ1) is 11.7. The van der Waals surface area contributed by atoms with Gasteiger partial charge < -0.3 is 0 Å². The van der Waals surface area contributed by atoms with Gasteiger partial charge in [-0.1, -0.05) is 30.3 Å². The first-order valence-electron chi connectivity index (χ1n) is 5.83. The lowest BCUT2D eigenvalue weighted by Gasteiger charge is -2.36. The Bertz CT molecular complexity index is 593. The lowest BCUT2D eigenvalue weighted by molar-refractivity contribution is -0.134. The summed E-state index contributed by atoms with van der Waals surface area (Å²) in [4.78, 5) is 12.1. The largest absolute Gasteiger partial charge is 0.272 e. The molecule has 1 atom stereocenters. The molecule has 2 aliphatic rings. The topological polar surface area (TPSA) is 80.5 Å². The molecular formula is C12H14N2O3S. The number of carbonyl (C=O) groups is 1. The van der Waals surface area contributed by atoms with Crippen LogP contribution in [-0.4, -0.2) is 29.8 Å². The molecule has 2 fully saturated rings. The number of amides is 1. The van der Waals surface area contributed by atoms with Gasteiger partial charge in [0, 0.05) is 0 Å². The third-order valence-corrected chi connectivity index (χ3v) is 6.35. The summed E-state index contributed by atoms with van der Waals surface area (Å²) in [5.41, 5.74) is 0.757. The highest BCUT2D eigenvalue weighted by Gasteiger charge is 2.65. The van der Waals surface area contributed by atoms with Crippen molar-refractivity contribution in [2.75, 3.05) is 5.75 Å². The van der Waals surface area contributed by atoms with Crippen LogP contribution in [-0.2, 0) is 14.6 Å². The fourth-order valence-electron chi connectivity index (χ4n) is 2.53. The van der Waals surface area contributed by atoms with E-state index in [0.717, 1.165) is 10.6 Å². The summed E-state index contributed by atoms with van der Waals surface area (Å²) >= 11 is 0. The van der Waals surface area contributed by atoms with Crippen LogP contribution in [0.15, 0.2) is 30.3 Å². The smallest absolute Gasteiger partial charge is 0.258 e. The van der Waals surface area contributed by atoms with Crippen LogP contribution in [0.3, 0.4) is 0 Å². The average molecular weight is 266 g/mol. The normalized spacial score (nSPS) is 28.4. The van der Waals surface area contributed by atoms with Gasteiger partial charge in [0.05, 0.1) is 11.8 Å². The highest BCUT2D eigenvalue weighted by Crippen LogP contribution is 2.50. The third-order valence-electron chi connectivity index (χ3n) is 3.82. The first-order chi connectivity index (χ1) is 8.48. The number of hydrazine groups is 1. The number of benzene rings is 1. The molecule has 1 aromatic rings. The highest BCUT2D eigenvalue weighted by molar-refractivity contribution is 7.94. The third kappa shape index (κ3) is 1.42. The van der Waals surface area contributed by atoms with Crippen molar-refractivity contribution in [3.05, 3.63) is 35.9 Å². The molecule has 1 aromatic carbocycles. The molecule has 1 saturated carbocycles. The second-order valence-corrected chi connectivity index (χ2v) is 7.26. The van der Waals surface area contributed by atoms with Gasteiger partial charge in [0.15, 0.2) is 14.6 Å². The molecule has 18 heavy (non-hydrogen) atoms. The van der Waals surface area contributed by atoms with Crippen molar-refractivity contribution >= 4 is 15.7 Å². The predicted octanol–water partition coefficient (Wildman–Crippen LogP) is 0.391. The minimum absolute atomic E-state index is 0.0841. The molecule has 1 amide bonds. The van der Waals surface area contributed by atoms with Crippen molar-refractivity contribution < 1.29 is 13.2 Å². The summed E-state index contributed by atoms with van der Waals surface area (Å²) in [5, 5.41) is 1.10. The molecule has 1 saturated heterocycles. The second-order valence-electron chi connectivity index (χ2n) is 4.91. The molecule has 0 bridgehead atoms. The predicted molar refractivity (Wildman–Crippen MR) is 66.0 cm³/mol. The summed E-state index contributed by atoms with van der Waals surface area (Å²) < 4.78 is 23.2. The summed E-state index contributed by atoms with van der Waals surface area (Å²) in [7, 11) is -3.40. The Morgan fingerprint density at radius 1 is 1.22 bits per heavy atom. The van der Waals surface area contributed by atoms with Crippen molar-refractivity contribution in [2.45, 2.75) is 23.6 Å². The molecular weight excluding hydrogens is 252 g/mol. The van der Waals surface area contributed by atoms with E-state index in [4.69, 9.17) is 5.84 Å². The molecule has 3 rings (SSSR count). The van der Waals surface area contributed by atoms with E-state index >= 15 is 0 Å². The van der Waals surface area contributed by atoms with Crippen LogP contribution in [0.25, 0.3) is 0 Å². The zero-order valence-corrected chi connectivity index (χ0v) is 10.6. The molecule has 0 aromatic heterocycles. The molecule has 1 aliphatic carbocycles. The zero-order chi connectivity index (χ0) is 13.0. The van der Waals surface area contributed by atoms with Crippen molar-refractivity contribution in [2.24, 2.45) is 5.84 Å². The number of rotatable bonds is 1. The molecule has 1 aliphatic heterocycles. The van der Waals surface area contributed by atoms with Gasteiger partial charge in [-0.05, 0) is 18.4 Å². The molecule has 5 nitrogen and oxygen atoms in total. The number of nitrogens with zero attached hydrogens (tertiary/aromatic N) is 1. The Labute approximate surface area is 105 Å². The Hall–Kier alpha value is -1.40. The molecule has 1 heterocycles. The highest BCUT2D eigenvalue weighted by atomic mass is 32.2. The van der Waals surface area contributed by atoms with Crippen LogP contribution in [0.5, 0.6) is 0 Å². The maximum Gasteiger partial charge on any atom is 0.258 e. The molecule has 1 spiro atoms. The van der Waals surface area contributed by atoms with Crippen LogP contribution in [0, 0.1) is 0 Å². The van der Waals surface area contributed by atoms with Gasteiger partial charge in [0.25, 0.3) is 5.91 Å². The molecule has 6 heteroatoms. The van der Waals surface area contributed by atoms with E-state index in [0.29, 0.717) is 12.8 Å². The van der Waals surface area contributed by atoms with E-state index in [1.807, 2.05) is 18.2 Å². The van der Waals surface area contributed by atoms with Crippen molar-refractivity contribution in [1.82, 2.24) is 5.01 Å². The Morgan fingerprint density at radius 3 is 2.39 bits per heavy atom. The van der Waals surface area contributed by atoms with E-state index in [-0.39, 0.29) is 5.75 Å². The number of hydrogen-bond donors (Lipinski definition) is 1. The SMILES string of the molecule is NN1C(=O)C2(CC2)S(=O)(=O)CC1c1ccccc1. The molecule has 96 valence electrons. The zero-order valence-electron chi connectivity index (χ0n) is 9.74. The van der Waals surface area contributed by atoms with Crippen LogP contribution < -0.4 is 5.84 Å². The maximum atomic E-state index is 12.2. The van der Waals surface area contributed by atoms with Gasteiger partial charge in [-0.3, -0.25) is 9.80 Å². The fraction of sp³-hybridized carbons (Fsp3) is 0.417. The van der Waals surface area contributed by atoms with Crippen molar-refractivity contribution in [3.63, 3.8) is 0 Å². The average Bonchev–Trinajstić information content (AvgIpc) is 3.16. The van der Waals surface area contributed by atoms with Gasteiger partial charge in [-0.15, -0.1) is 0 Å². The Morgan fingerprint density at radius 2 is 1.83 bits per heavy atom. The van der Waals surface area contributed by atoms with Gasteiger partial charge in [0.1, 0.15) is 0 Å². The standard InChI is InChI=1S/C12H14N2O3S/c13-14-10(9-4-2-1-3-5-9)8-18(16,17)12(6-7-12)11(14)15/h1-5,10H,6-8,13H2. The maximum absolute atomic E-state index is 12.2. The number of carbonyl (C=O) groups excluding carboxylic acids is 1. The van der Waals surface area contributed by atoms with E-state index < -0.39 is 26.5 Å². The van der Waals surface area contributed by atoms with Crippen LogP contribution in [0.2, 0.25) is 0 Å². The Balaban J connectivity index is 2.02. The van der Waals surface area contributed by atoms with Gasteiger partial charge in [-0.25, -0.2) is 14.3 Å². The number of nitrogens with two attached hydrogens (primary N) is 1. The monoisotopic (exact) mass is 266 g/mol. The minimum Gasteiger partial charge on any atom is -0.272 e. The summed E-state index contributed by atoms with van der Waals surface area (Å²) in [6, 6.07) is 8.46. The fourth-order valence-corrected chi connectivity index (χ4v) is 4.71. The van der Waals surface area contributed by atoms with Gasteiger partial charge >= 0.3 is 0 Å². The van der Waals surface area contributed by atoms with Crippen LogP contribution >= 0.6 is 0 Å². The van der Waals surface area contributed by atoms with Gasteiger partial charge in [0.2, 0.25) is 0 Å². The molecule has 0 radical (unpaired) electrons. The molecule has 1 unspecified atom stereocenters. The van der Waals surface area contributed by atoms with Crippen LogP contribution in [0.4, 0.5) is 0 Å². The van der Waals surface area contributed by atoms with Gasteiger partial charge in [-0.2, -0.15) is 0 Å². The van der Waals surface area contributed by atoms with E-state index in [1.165, 1.54) is 0 Å². The Kier molecular flexibility index (Phi) is 2.30. The summed E-state index contributed by atoms with van der Waals surface area (Å²) in [6.45, 7) is 0. The van der Waals surface area contributed by atoms with E-state index in [1.54, 1.807) is 12.1 Å². The van der Waals surface area contributed by atoms with Crippen LogP contribution in [0.1, 0.15) is 24.4 Å². The minimum atomic E-state index is -3.40. The molecule has 2 N–H and O–H groups in total. The number of hydrogen-bond acceptors (Lipinski definition) is 4. The van der Waals surface area contributed by atoms with E-state index in [9.17, 15) is 13.2 Å². The first-order valence-corrected chi connectivity index (χ1v) is 7.49. The quantitative estimate of drug-likeness (QED) is 0.589. The van der Waals surface area contributed by atoms with Crippen molar-refractivity contribution in [3.8, 4) is 0 Å². The lowest BCUT2D eigenvalue weighted by atomic mass is 10.1. The van der Waals surface area contributed by atoms with Crippen molar-refractivity contribution in [1.29, 1.82) is 0 Å². The summed E-state index contributed by atoms with van der Waals surface area (Å²) in [6.07, 6.45) is 0.812.